The Balaban J connectivity index is 1.75. The second-order valence-corrected chi connectivity index (χ2v) is 9.83. The highest BCUT2D eigenvalue weighted by Gasteiger charge is 2.32. The van der Waals surface area contributed by atoms with Crippen molar-refractivity contribution < 1.29 is 22.4 Å². The molecule has 1 N–H and O–H groups in total. The van der Waals surface area contributed by atoms with Gasteiger partial charge in [0.05, 0.1) is 12.8 Å². The Morgan fingerprint density at radius 3 is 2.48 bits per heavy atom. The molecule has 1 saturated heterocycles. The molecule has 2 heterocycles. The number of nitrogens with zero attached hydrogens (tertiary/aromatic N) is 2. The van der Waals surface area contributed by atoms with Gasteiger partial charge in [-0.1, -0.05) is 31.2 Å². The maximum atomic E-state index is 13.1. The first-order valence-corrected chi connectivity index (χ1v) is 12.2. The van der Waals surface area contributed by atoms with Gasteiger partial charge < -0.3 is 14.6 Å². The van der Waals surface area contributed by atoms with Gasteiger partial charge in [0.2, 0.25) is 15.9 Å². The largest absolute Gasteiger partial charge is 0.451 e. The number of hydrogen-bond acceptors (Lipinski definition) is 5. The van der Waals surface area contributed by atoms with E-state index in [0.717, 1.165) is 12.0 Å². The summed E-state index contributed by atoms with van der Waals surface area (Å²) in [6.07, 6.45) is 2.76. The molecule has 0 aliphatic carbocycles. The number of rotatable bonds is 8. The maximum absolute atomic E-state index is 13.1. The minimum absolute atomic E-state index is 0.0423. The van der Waals surface area contributed by atoms with Gasteiger partial charge in [0.1, 0.15) is 5.76 Å². The standard InChI is InChI=1S/C22H29N3O5S/c1-4-16-5-7-18(8-6-16)19-9-10-20(30-19)22(27)24(15-21(26)23-2)13-17-11-12-25(14-17)31(3,28)29/h5-10,17H,4,11-15H2,1-3H3,(H,23,26). The molecule has 0 saturated carbocycles. The van der Waals surface area contributed by atoms with Crippen molar-refractivity contribution in [1.29, 1.82) is 0 Å². The molecule has 9 heteroatoms. The summed E-state index contributed by atoms with van der Waals surface area (Å²) < 4.78 is 30.8. The van der Waals surface area contributed by atoms with Crippen LogP contribution in [0.5, 0.6) is 0 Å². The Labute approximate surface area is 183 Å². The Kier molecular flexibility index (Phi) is 7.17. The summed E-state index contributed by atoms with van der Waals surface area (Å²) in [6, 6.07) is 11.3. The molecular weight excluding hydrogens is 418 g/mol. The molecule has 1 unspecified atom stereocenters. The van der Waals surface area contributed by atoms with Crippen molar-refractivity contribution in [2.45, 2.75) is 19.8 Å². The summed E-state index contributed by atoms with van der Waals surface area (Å²) in [4.78, 5) is 26.6. The van der Waals surface area contributed by atoms with Gasteiger partial charge in [0, 0.05) is 32.2 Å². The van der Waals surface area contributed by atoms with Gasteiger partial charge >= 0.3 is 0 Å². The molecule has 3 rings (SSSR count). The van der Waals surface area contributed by atoms with E-state index in [0.29, 0.717) is 25.3 Å². The fraction of sp³-hybridized carbons (Fsp3) is 0.455. The smallest absolute Gasteiger partial charge is 0.290 e. The van der Waals surface area contributed by atoms with Crippen LogP contribution in [0.15, 0.2) is 40.8 Å². The molecule has 1 aliphatic rings. The van der Waals surface area contributed by atoms with Gasteiger partial charge in [-0.2, -0.15) is 0 Å². The first-order chi connectivity index (χ1) is 14.7. The van der Waals surface area contributed by atoms with Crippen molar-refractivity contribution in [3.8, 4) is 11.3 Å². The van der Waals surface area contributed by atoms with Gasteiger partial charge in [-0.25, -0.2) is 12.7 Å². The van der Waals surface area contributed by atoms with Crippen LogP contribution in [-0.2, 0) is 21.2 Å². The number of likely N-dealkylation sites (N-methyl/N-ethyl adjacent to an activating group) is 1. The molecule has 1 aromatic carbocycles. The molecule has 0 spiro atoms. The number of amides is 2. The lowest BCUT2D eigenvalue weighted by Gasteiger charge is -2.24. The third kappa shape index (κ3) is 5.74. The fourth-order valence-electron chi connectivity index (χ4n) is 3.70. The second kappa shape index (κ2) is 9.65. The van der Waals surface area contributed by atoms with Crippen LogP contribution in [0.2, 0.25) is 0 Å². The van der Waals surface area contributed by atoms with E-state index in [4.69, 9.17) is 4.42 Å². The molecule has 0 bridgehead atoms. The number of carbonyl (C=O) groups is 2. The van der Waals surface area contributed by atoms with Crippen molar-refractivity contribution in [3.63, 3.8) is 0 Å². The van der Waals surface area contributed by atoms with Crippen LogP contribution in [0.4, 0.5) is 0 Å². The lowest BCUT2D eigenvalue weighted by atomic mass is 10.1. The molecule has 2 aromatic rings. The summed E-state index contributed by atoms with van der Waals surface area (Å²) in [5.41, 5.74) is 2.08. The van der Waals surface area contributed by atoms with Gasteiger partial charge in [-0.15, -0.1) is 0 Å². The molecular formula is C22H29N3O5S. The van der Waals surface area contributed by atoms with Gasteiger partial charge in [-0.05, 0) is 36.5 Å². The highest BCUT2D eigenvalue weighted by atomic mass is 32.2. The molecule has 8 nitrogen and oxygen atoms in total. The van der Waals surface area contributed by atoms with Crippen molar-refractivity contribution in [1.82, 2.24) is 14.5 Å². The number of carbonyl (C=O) groups excluding carboxylic acids is 2. The third-order valence-electron chi connectivity index (χ3n) is 5.56. The maximum Gasteiger partial charge on any atom is 0.290 e. The van der Waals surface area contributed by atoms with E-state index >= 15 is 0 Å². The zero-order valence-electron chi connectivity index (χ0n) is 18.1. The Morgan fingerprint density at radius 1 is 1.19 bits per heavy atom. The number of furan rings is 1. The van der Waals surface area contributed by atoms with Crippen molar-refractivity contribution in [2.75, 3.05) is 39.5 Å². The fourth-order valence-corrected chi connectivity index (χ4v) is 4.62. The summed E-state index contributed by atoms with van der Waals surface area (Å²) >= 11 is 0. The number of nitrogens with one attached hydrogen (secondary N) is 1. The Hall–Kier alpha value is -2.65. The van der Waals surface area contributed by atoms with Gasteiger partial charge in [0.25, 0.3) is 5.91 Å². The van der Waals surface area contributed by atoms with Crippen LogP contribution in [-0.4, -0.2) is 68.9 Å². The van der Waals surface area contributed by atoms with E-state index in [1.807, 2.05) is 24.3 Å². The molecule has 31 heavy (non-hydrogen) atoms. The number of aryl methyl sites for hydroxylation is 1. The molecule has 1 aliphatic heterocycles. The van der Waals surface area contributed by atoms with Crippen LogP contribution >= 0.6 is 0 Å². The SMILES string of the molecule is CCc1ccc(-c2ccc(C(=O)N(CC(=O)NC)CC3CCN(S(C)(=O)=O)C3)o2)cc1. The average molecular weight is 448 g/mol. The summed E-state index contributed by atoms with van der Waals surface area (Å²) in [5, 5.41) is 2.53. The molecule has 1 fully saturated rings. The van der Waals surface area contributed by atoms with E-state index < -0.39 is 15.9 Å². The van der Waals surface area contributed by atoms with E-state index in [9.17, 15) is 18.0 Å². The number of sulfonamides is 1. The first kappa shape index (κ1) is 23.0. The van der Waals surface area contributed by atoms with Crippen molar-refractivity contribution >= 4 is 21.8 Å². The lowest BCUT2D eigenvalue weighted by Crippen LogP contribution is -2.42. The lowest BCUT2D eigenvalue weighted by molar-refractivity contribution is -0.121. The van der Waals surface area contributed by atoms with Crippen molar-refractivity contribution in [3.05, 3.63) is 47.7 Å². The monoisotopic (exact) mass is 447 g/mol. The van der Waals surface area contributed by atoms with Crippen LogP contribution < -0.4 is 5.32 Å². The summed E-state index contributed by atoms with van der Waals surface area (Å²) in [7, 11) is -1.76. The summed E-state index contributed by atoms with van der Waals surface area (Å²) in [5.74, 6) is -0.00288. The first-order valence-electron chi connectivity index (χ1n) is 10.4. The highest BCUT2D eigenvalue weighted by Crippen LogP contribution is 2.25. The van der Waals surface area contributed by atoms with Gasteiger partial charge in [0.15, 0.2) is 5.76 Å². The normalized spacial score (nSPS) is 16.9. The van der Waals surface area contributed by atoms with Crippen LogP contribution in [0.25, 0.3) is 11.3 Å². The topological polar surface area (TPSA) is 99.9 Å². The molecule has 168 valence electrons. The molecule has 2 amide bonds. The van der Waals surface area contributed by atoms with Crippen LogP contribution in [0.3, 0.4) is 0 Å². The Bertz CT molecular complexity index is 1030. The van der Waals surface area contributed by atoms with E-state index in [1.54, 1.807) is 12.1 Å². The summed E-state index contributed by atoms with van der Waals surface area (Å²) in [6.45, 7) is 3.00. The zero-order valence-corrected chi connectivity index (χ0v) is 18.9. The minimum Gasteiger partial charge on any atom is -0.451 e. The highest BCUT2D eigenvalue weighted by molar-refractivity contribution is 7.88. The molecule has 1 aromatic heterocycles. The van der Waals surface area contributed by atoms with E-state index in [2.05, 4.69) is 12.2 Å². The van der Waals surface area contributed by atoms with E-state index in [-0.39, 0.29) is 30.7 Å². The average Bonchev–Trinajstić information content (AvgIpc) is 3.42. The predicted molar refractivity (Wildman–Crippen MR) is 118 cm³/mol. The van der Waals surface area contributed by atoms with Crippen LogP contribution in [0.1, 0.15) is 29.5 Å². The second-order valence-electron chi connectivity index (χ2n) is 7.85. The van der Waals surface area contributed by atoms with E-state index in [1.165, 1.54) is 28.1 Å². The third-order valence-corrected chi connectivity index (χ3v) is 6.83. The molecule has 0 radical (unpaired) electrons. The quantitative estimate of drug-likeness (QED) is 0.667. The number of hydrogen-bond donors (Lipinski definition) is 1. The number of benzene rings is 1. The van der Waals surface area contributed by atoms with Crippen molar-refractivity contribution in [2.24, 2.45) is 5.92 Å². The zero-order chi connectivity index (χ0) is 22.6. The Morgan fingerprint density at radius 2 is 1.90 bits per heavy atom. The predicted octanol–water partition coefficient (Wildman–Crippen LogP) is 1.98. The van der Waals surface area contributed by atoms with Gasteiger partial charge in [-0.3, -0.25) is 9.59 Å². The minimum atomic E-state index is -3.27. The van der Waals surface area contributed by atoms with Crippen LogP contribution in [0, 0.1) is 5.92 Å². The molecule has 1 atom stereocenters.